The number of carbonyl (C=O) groups excluding carboxylic acids is 1. The molecule has 6 heteroatoms. The highest BCUT2D eigenvalue weighted by Gasteiger charge is 2.28. The molecule has 3 aromatic rings. The molecule has 1 aliphatic heterocycles. The summed E-state index contributed by atoms with van der Waals surface area (Å²) in [5, 5.41) is 7.73. The molecule has 1 amide bonds. The maximum atomic E-state index is 12.7. The zero-order valence-corrected chi connectivity index (χ0v) is 16.9. The molecule has 28 heavy (non-hydrogen) atoms. The first kappa shape index (κ1) is 18.6. The molecule has 5 nitrogen and oxygen atoms in total. The average Bonchev–Trinajstić information content (AvgIpc) is 3.18. The predicted octanol–water partition coefficient (Wildman–Crippen LogP) is 3.82. The number of rotatable bonds is 5. The monoisotopic (exact) mass is 393 g/mol. The lowest BCUT2D eigenvalue weighted by molar-refractivity contribution is -0.116. The number of carbonyl (C=O) groups is 1. The van der Waals surface area contributed by atoms with E-state index >= 15 is 0 Å². The van der Waals surface area contributed by atoms with Crippen molar-refractivity contribution in [3.63, 3.8) is 0 Å². The van der Waals surface area contributed by atoms with Crippen molar-refractivity contribution in [3.05, 3.63) is 76.5 Å². The van der Waals surface area contributed by atoms with Crippen molar-refractivity contribution in [2.75, 3.05) is 5.32 Å². The Labute approximate surface area is 167 Å². The summed E-state index contributed by atoms with van der Waals surface area (Å²) in [6, 6.07) is 16.1. The minimum Gasteiger partial charge on any atom is -0.310 e. The summed E-state index contributed by atoms with van der Waals surface area (Å²) in [7, 11) is -0.948. The SMILES string of the molecule is Cc1ccc(-n2nc3c(c2NC(=O)CCc2ccccc2)CS(=O)C3)c(C)c1. The van der Waals surface area contributed by atoms with Gasteiger partial charge in [0, 0.05) is 22.8 Å². The van der Waals surface area contributed by atoms with Gasteiger partial charge in [0.25, 0.3) is 0 Å². The highest BCUT2D eigenvalue weighted by Crippen LogP contribution is 2.32. The van der Waals surface area contributed by atoms with E-state index in [1.165, 1.54) is 5.56 Å². The Morgan fingerprint density at radius 1 is 1.14 bits per heavy atom. The summed E-state index contributed by atoms with van der Waals surface area (Å²) in [4.78, 5) is 12.7. The number of anilines is 1. The summed E-state index contributed by atoms with van der Waals surface area (Å²) >= 11 is 0. The van der Waals surface area contributed by atoms with E-state index in [9.17, 15) is 9.00 Å². The summed E-state index contributed by atoms with van der Waals surface area (Å²) in [5.74, 6) is 1.48. The summed E-state index contributed by atoms with van der Waals surface area (Å²) in [5.41, 5.74) is 6.04. The highest BCUT2D eigenvalue weighted by atomic mass is 32.2. The number of hydrogen-bond donors (Lipinski definition) is 1. The molecule has 2 aromatic carbocycles. The van der Waals surface area contributed by atoms with E-state index in [4.69, 9.17) is 0 Å². The lowest BCUT2D eigenvalue weighted by Gasteiger charge is -2.13. The first-order valence-electron chi connectivity index (χ1n) is 9.38. The van der Waals surface area contributed by atoms with Gasteiger partial charge < -0.3 is 5.32 Å². The fraction of sp³-hybridized carbons (Fsp3) is 0.273. The maximum absolute atomic E-state index is 12.7. The van der Waals surface area contributed by atoms with Crippen molar-refractivity contribution in [2.45, 2.75) is 38.2 Å². The van der Waals surface area contributed by atoms with E-state index in [-0.39, 0.29) is 5.91 Å². The summed E-state index contributed by atoms with van der Waals surface area (Å²) < 4.78 is 13.8. The number of aromatic nitrogens is 2. The molecule has 0 fully saturated rings. The van der Waals surface area contributed by atoms with Crippen LogP contribution in [0.2, 0.25) is 0 Å². The van der Waals surface area contributed by atoms with Crippen molar-refractivity contribution in [2.24, 2.45) is 0 Å². The van der Waals surface area contributed by atoms with Crippen LogP contribution in [0.3, 0.4) is 0 Å². The first-order valence-corrected chi connectivity index (χ1v) is 10.9. The van der Waals surface area contributed by atoms with Crippen LogP contribution in [0.25, 0.3) is 5.69 Å². The number of aryl methyl sites for hydroxylation is 3. The Morgan fingerprint density at radius 2 is 1.93 bits per heavy atom. The van der Waals surface area contributed by atoms with Crippen molar-refractivity contribution in [1.29, 1.82) is 0 Å². The number of nitrogens with one attached hydrogen (secondary N) is 1. The molecule has 0 aliphatic carbocycles. The first-order chi connectivity index (χ1) is 13.5. The predicted molar refractivity (Wildman–Crippen MR) is 112 cm³/mol. The third-order valence-electron chi connectivity index (χ3n) is 4.99. The molecule has 144 valence electrons. The van der Waals surface area contributed by atoms with Crippen LogP contribution in [0.1, 0.15) is 34.4 Å². The minimum absolute atomic E-state index is 0.0600. The quantitative estimate of drug-likeness (QED) is 0.717. The van der Waals surface area contributed by atoms with E-state index in [0.29, 0.717) is 30.2 Å². The molecule has 1 aromatic heterocycles. The molecule has 4 rings (SSSR count). The van der Waals surface area contributed by atoms with Crippen LogP contribution in [-0.2, 0) is 33.5 Å². The molecule has 1 N–H and O–H groups in total. The van der Waals surface area contributed by atoms with E-state index in [0.717, 1.165) is 28.1 Å². The Hall–Kier alpha value is -2.73. The maximum Gasteiger partial charge on any atom is 0.225 e. The van der Waals surface area contributed by atoms with Gasteiger partial charge >= 0.3 is 0 Å². The highest BCUT2D eigenvalue weighted by molar-refractivity contribution is 7.83. The number of hydrogen-bond acceptors (Lipinski definition) is 3. The Bertz CT molecular complexity index is 1060. The molecule has 2 heterocycles. The van der Waals surface area contributed by atoms with Crippen LogP contribution >= 0.6 is 0 Å². The molecule has 0 radical (unpaired) electrons. The standard InChI is InChI=1S/C22H23N3O2S/c1-15-8-10-20(16(2)12-15)25-22(18-13-28(27)14-19(18)24-25)23-21(26)11-9-17-6-4-3-5-7-17/h3-8,10,12H,9,11,13-14H2,1-2H3,(H,23,26). The van der Waals surface area contributed by atoms with Crippen LogP contribution in [-0.4, -0.2) is 19.9 Å². The summed E-state index contributed by atoms with van der Waals surface area (Å²) in [6.07, 6.45) is 1.07. The fourth-order valence-electron chi connectivity index (χ4n) is 3.57. The lowest BCUT2D eigenvalue weighted by Crippen LogP contribution is -2.17. The molecule has 0 saturated carbocycles. The average molecular weight is 394 g/mol. The van der Waals surface area contributed by atoms with Gasteiger partial charge in [-0.3, -0.25) is 9.00 Å². The van der Waals surface area contributed by atoms with E-state index < -0.39 is 10.8 Å². The van der Waals surface area contributed by atoms with E-state index in [1.807, 2.05) is 49.4 Å². The van der Waals surface area contributed by atoms with Crippen LogP contribution in [0.4, 0.5) is 5.82 Å². The summed E-state index contributed by atoms with van der Waals surface area (Å²) in [6.45, 7) is 4.09. The number of fused-ring (bicyclic) bond motifs is 1. The van der Waals surface area contributed by atoms with Gasteiger partial charge in [0.05, 0.1) is 22.9 Å². The van der Waals surface area contributed by atoms with Gasteiger partial charge in [-0.05, 0) is 37.5 Å². The zero-order valence-electron chi connectivity index (χ0n) is 16.1. The van der Waals surface area contributed by atoms with Gasteiger partial charge in [-0.15, -0.1) is 0 Å². The molecule has 0 spiro atoms. The number of benzene rings is 2. The second-order valence-corrected chi connectivity index (χ2v) is 8.69. The zero-order chi connectivity index (χ0) is 19.7. The second kappa shape index (κ2) is 7.72. The molecule has 0 bridgehead atoms. The van der Waals surface area contributed by atoms with Crippen molar-refractivity contribution in [3.8, 4) is 5.69 Å². The third-order valence-corrected chi connectivity index (χ3v) is 6.20. The van der Waals surface area contributed by atoms with Gasteiger partial charge in [-0.1, -0.05) is 48.0 Å². The van der Waals surface area contributed by atoms with Crippen LogP contribution in [0.5, 0.6) is 0 Å². The molecular formula is C22H23N3O2S. The van der Waals surface area contributed by atoms with Crippen LogP contribution in [0.15, 0.2) is 48.5 Å². The Morgan fingerprint density at radius 3 is 2.68 bits per heavy atom. The molecule has 0 saturated heterocycles. The smallest absolute Gasteiger partial charge is 0.225 e. The van der Waals surface area contributed by atoms with E-state index in [1.54, 1.807) is 4.68 Å². The van der Waals surface area contributed by atoms with Gasteiger partial charge in [0.2, 0.25) is 5.91 Å². The third kappa shape index (κ3) is 3.78. The van der Waals surface area contributed by atoms with Crippen LogP contribution < -0.4 is 5.32 Å². The lowest BCUT2D eigenvalue weighted by atomic mass is 10.1. The Kier molecular flexibility index (Phi) is 5.13. The van der Waals surface area contributed by atoms with Gasteiger partial charge in [-0.2, -0.15) is 5.10 Å². The van der Waals surface area contributed by atoms with Crippen molar-refractivity contribution >= 4 is 22.5 Å². The molecular weight excluding hydrogens is 370 g/mol. The topological polar surface area (TPSA) is 64.0 Å². The van der Waals surface area contributed by atoms with E-state index in [2.05, 4.69) is 23.4 Å². The fourth-order valence-corrected chi connectivity index (χ4v) is 4.83. The molecule has 1 atom stereocenters. The normalized spacial score (nSPS) is 15.4. The largest absolute Gasteiger partial charge is 0.310 e. The number of nitrogens with zero attached hydrogens (tertiary/aromatic N) is 2. The minimum atomic E-state index is -0.948. The number of amides is 1. The Balaban J connectivity index is 1.62. The van der Waals surface area contributed by atoms with Crippen LogP contribution in [0, 0.1) is 13.8 Å². The van der Waals surface area contributed by atoms with Gasteiger partial charge in [0.15, 0.2) is 0 Å². The van der Waals surface area contributed by atoms with Crippen molar-refractivity contribution in [1.82, 2.24) is 9.78 Å². The van der Waals surface area contributed by atoms with Gasteiger partial charge in [0.1, 0.15) is 5.82 Å². The molecule has 1 unspecified atom stereocenters. The molecule has 1 aliphatic rings. The van der Waals surface area contributed by atoms with Gasteiger partial charge in [-0.25, -0.2) is 4.68 Å². The van der Waals surface area contributed by atoms with Crippen molar-refractivity contribution < 1.29 is 9.00 Å². The second-order valence-electron chi connectivity index (χ2n) is 7.24.